The molecule has 386 valence electrons. The van der Waals surface area contributed by atoms with E-state index in [9.17, 15) is 30.2 Å². The molecule has 0 bridgehead atoms. The lowest BCUT2D eigenvalue weighted by molar-refractivity contribution is -0.384. The van der Waals surface area contributed by atoms with E-state index < -0.39 is 28.8 Å². The first kappa shape index (κ1) is 53.6. The minimum Gasteiger partial charge on any atom is -0.487 e. The number of aryl methyl sites for hydroxylation is 1. The van der Waals surface area contributed by atoms with E-state index in [4.69, 9.17) is 38.4 Å². The first-order valence-electron chi connectivity index (χ1n) is 24.9. The van der Waals surface area contributed by atoms with E-state index in [-0.39, 0.29) is 102 Å². The number of aliphatic hydroxyl groups excluding tert-OH is 3. The number of nitrogens with zero attached hydrogens (tertiary/aromatic N) is 4. The molecule has 72 heavy (non-hydrogen) atoms. The Bertz CT molecular complexity index is 2440. The third kappa shape index (κ3) is 13.6. The fourth-order valence-electron chi connectivity index (χ4n) is 10.2. The van der Waals surface area contributed by atoms with Crippen LogP contribution in [0.25, 0.3) is 0 Å². The number of fused-ring (bicyclic) bond motifs is 2. The maximum absolute atomic E-state index is 14.8. The molecule has 1 aliphatic heterocycles. The number of rotatable bonds is 29. The number of nitro benzene ring substituents is 1. The van der Waals surface area contributed by atoms with Crippen molar-refractivity contribution in [1.82, 2.24) is 9.88 Å². The Kier molecular flexibility index (Phi) is 20.1. The fraction of sp³-hybridized carbons (Fsp3) is 0.473. The topological polar surface area (TPSA) is 214 Å². The zero-order valence-corrected chi connectivity index (χ0v) is 41.1. The van der Waals surface area contributed by atoms with Crippen molar-refractivity contribution in [3.63, 3.8) is 0 Å². The largest absolute Gasteiger partial charge is 0.487 e. The molecule has 1 saturated carbocycles. The Morgan fingerprint density at radius 2 is 1.67 bits per heavy atom. The molecule has 2 heterocycles. The summed E-state index contributed by atoms with van der Waals surface area (Å²) in [6.07, 6.45) is 7.45. The molecule has 4 aromatic rings. The second kappa shape index (κ2) is 27.0. The lowest BCUT2D eigenvalue weighted by atomic mass is 9.55. The molecule has 17 nitrogen and oxygen atoms in total. The first-order chi connectivity index (χ1) is 35.2. The van der Waals surface area contributed by atoms with Crippen molar-refractivity contribution in [3.05, 3.63) is 153 Å². The molecular weight excluding hydrogens is 925 g/mol. The van der Waals surface area contributed by atoms with Crippen LogP contribution in [0.2, 0.25) is 0 Å². The number of hydrogen-bond donors (Lipinski definition) is 3. The van der Waals surface area contributed by atoms with Crippen molar-refractivity contribution in [2.75, 3.05) is 59.4 Å². The molecule has 0 radical (unpaired) electrons. The van der Waals surface area contributed by atoms with Crippen molar-refractivity contribution in [2.24, 2.45) is 22.9 Å². The highest BCUT2D eigenvalue weighted by Gasteiger charge is 2.65. The van der Waals surface area contributed by atoms with E-state index in [1.165, 1.54) is 12.1 Å². The predicted molar refractivity (Wildman–Crippen MR) is 268 cm³/mol. The van der Waals surface area contributed by atoms with Crippen LogP contribution in [0.15, 0.2) is 120 Å². The summed E-state index contributed by atoms with van der Waals surface area (Å²) < 4.78 is 38.6. The molecule has 3 N–H and O–H groups in total. The standard InChI is InChI=1S/C55H68N4O13/c1-3-28-70-55-51(58(24-29-66-30-27-62)54(63)68-32-31-67-36-40-13-5-4-6-14-40)35-49(57-71-37-41-18-20-44(21-19-41)59(64)65)47-33-42(15-7-9-25-60)46(17-8-10-26-61)52(53(47)55)48-34-45(22-23-50(48)72-55)69-38-43-16-11-12-39(2)56-43/h3-6,11-14,16,18-23,33-34,42,46,51-53,60-62H,1,7-10,15,17,24-32,35-38H2,2H3/t42-,46+,51-,52+,53+,55+/m0/s1. The van der Waals surface area contributed by atoms with E-state index in [1.807, 2.05) is 73.7 Å². The molecule has 6 atom stereocenters. The van der Waals surface area contributed by atoms with E-state index in [0.717, 1.165) is 53.8 Å². The van der Waals surface area contributed by atoms with Gasteiger partial charge < -0.3 is 48.6 Å². The average Bonchev–Trinajstić information content (AvgIpc) is 3.39. The number of nitro groups is 1. The highest BCUT2D eigenvalue weighted by molar-refractivity contribution is 6.03. The number of aliphatic hydroxyl groups is 3. The van der Waals surface area contributed by atoms with Crippen molar-refractivity contribution in [2.45, 2.75) is 89.4 Å². The van der Waals surface area contributed by atoms with Gasteiger partial charge in [-0.2, -0.15) is 0 Å². The van der Waals surface area contributed by atoms with Crippen molar-refractivity contribution in [1.29, 1.82) is 0 Å². The van der Waals surface area contributed by atoms with E-state index >= 15 is 0 Å². The molecule has 3 aromatic carbocycles. The summed E-state index contributed by atoms with van der Waals surface area (Å²) >= 11 is 0. The highest BCUT2D eigenvalue weighted by atomic mass is 16.7. The van der Waals surface area contributed by atoms with Gasteiger partial charge in [0.2, 0.25) is 5.79 Å². The predicted octanol–water partition coefficient (Wildman–Crippen LogP) is 8.38. The number of ether oxygens (including phenoxy) is 6. The van der Waals surface area contributed by atoms with E-state index in [1.54, 1.807) is 23.1 Å². The molecular formula is C55H68N4O13. The molecule has 0 saturated heterocycles. The second-order valence-electron chi connectivity index (χ2n) is 18.2. The van der Waals surface area contributed by atoms with Crippen LogP contribution in [0.3, 0.4) is 0 Å². The Labute approximate surface area is 421 Å². The summed E-state index contributed by atoms with van der Waals surface area (Å²) in [5, 5.41) is 46.0. The first-order valence-corrected chi connectivity index (χ1v) is 24.9. The van der Waals surface area contributed by atoms with Crippen molar-refractivity contribution in [3.8, 4) is 11.5 Å². The third-order valence-corrected chi connectivity index (χ3v) is 13.4. The van der Waals surface area contributed by atoms with E-state index in [2.05, 4.69) is 17.6 Å². The SMILES string of the molecule is C=CCO[C@@]12Oc3ccc(OCc4cccc(C)n4)cc3[C@H]3[C@H](CCCCO)[C@@H](CCCCO)C=C(C(=NOCc4ccc([N+](=O)[O-])cc4)C[C@@H]1N(CCOCCO)C(=O)OCCOCc1ccccc1)[C@H]32. The number of carbonyl (C=O) groups is 1. The molecule has 3 aliphatic rings. The maximum Gasteiger partial charge on any atom is 0.410 e. The minimum atomic E-state index is -1.59. The number of unbranched alkanes of at least 4 members (excludes halogenated alkanes) is 2. The zero-order chi connectivity index (χ0) is 50.7. The van der Waals surface area contributed by atoms with Gasteiger partial charge >= 0.3 is 6.09 Å². The molecule has 1 fully saturated rings. The summed E-state index contributed by atoms with van der Waals surface area (Å²) in [7, 11) is 0. The lowest BCUT2D eigenvalue weighted by Gasteiger charge is -2.59. The molecule has 0 unspecified atom stereocenters. The quantitative estimate of drug-likeness (QED) is 0.0202. The molecule has 0 spiro atoms. The van der Waals surface area contributed by atoms with Gasteiger partial charge in [0, 0.05) is 55.5 Å². The van der Waals surface area contributed by atoms with Crippen molar-refractivity contribution < 1.29 is 58.3 Å². The maximum atomic E-state index is 14.8. The number of aromatic nitrogens is 1. The number of pyridine rings is 1. The van der Waals surface area contributed by atoms with Gasteiger partial charge in [-0.25, -0.2) is 4.79 Å². The molecule has 1 amide bonds. The normalized spacial score (nSPS) is 21.4. The Morgan fingerprint density at radius 3 is 2.40 bits per heavy atom. The number of benzene rings is 3. The Morgan fingerprint density at radius 1 is 0.889 bits per heavy atom. The number of amides is 1. The van der Waals surface area contributed by atoms with Gasteiger partial charge in [0.1, 0.15) is 37.4 Å². The van der Waals surface area contributed by atoms with Gasteiger partial charge in [-0.1, -0.05) is 66.5 Å². The number of oxime groups is 1. The summed E-state index contributed by atoms with van der Waals surface area (Å²) in [5.74, 6) is -1.49. The molecule has 2 aliphatic carbocycles. The molecule has 7 rings (SSSR count). The number of hydrogen-bond acceptors (Lipinski definition) is 15. The van der Waals surface area contributed by atoms with Crippen LogP contribution >= 0.6 is 0 Å². The fourth-order valence-corrected chi connectivity index (χ4v) is 10.2. The van der Waals surface area contributed by atoms with Gasteiger partial charge in [0.05, 0.1) is 61.9 Å². The highest BCUT2D eigenvalue weighted by Crippen LogP contribution is 2.62. The molecule has 17 heteroatoms. The van der Waals surface area contributed by atoms with Gasteiger partial charge in [0.15, 0.2) is 0 Å². The average molecular weight is 993 g/mol. The van der Waals surface area contributed by atoms with Crippen LogP contribution in [-0.2, 0) is 43.6 Å². The summed E-state index contributed by atoms with van der Waals surface area (Å²) in [4.78, 5) is 38.2. The smallest absolute Gasteiger partial charge is 0.410 e. The summed E-state index contributed by atoms with van der Waals surface area (Å²) in [6.45, 7) is 6.59. The zero-order valence-electron chi connectivity index (χ0n) is 41.1. The monoisotopic (exact) mass is 992 g/mol. The minimum absolute atomic E-state index is 0.00504. The van der Waals surface area contributed by atoms with Crippen LogP contribution < -0.4 is 9.47 Å². The van der Waals surface area contributed by atoms with Crippen LogP contribution in [0, 0.1) is 34.8 Å². The van der Waals surface area contributed by atoms with Gasteiger partial charge in [-0.3, -0.25) is 20.0 Å². The van der Waals surface area contributed by atoms with Crippen LogP contribution in [0.1, 0.15) is 78.9 Å². The number of carbonyl (C=O) groups excluding carboxylic acids is 1. The number of non-ortho nitro benzene ring substituents is 1. The van der Waals surface area contributed by atoms with Gasteiger partial charge in [-0.15, -0.1) is 6.58 Å². The van der Waals surface area contributed by atoms with E-state index in [0.29, 0.717) is 42.2 Å². The van der Waals surface area contributed by atoms with Crippen LogP contribution in [0.5, 0.6) is 11.5 Å². The van der Waals surface area contributed by atoms with Crippen LogP contribution in [0.4, 0.5) is 10.5 Å². The molecule has 1 aromatic heterocycles. The Balaban J connectivity index is 1.35. The van der Waals surface area contributed by atoms with Gasteiger partial charge in [0.25, 0.3) is 5.69 Å². The summed E-state index contributed by atoms with van der Waals surface area (Å²) in [5.41, 5.74) is 5.47. The third-order valence-electron chi connectivity index (χ3n) is 13.4. The van der Waals surface area contributed by atoms with Crippen molar-refractivity contribution >= 4 is 17.5 Å². The lowest BCUT2D eigenvalue weighted by Crippen LogP contribution is -2.70. The van der Waals surface area contributed by atoms with Crippen LogP contribution in [-0.4, -0.2) is 113 Å². The van der Waals surface area contributed by atoms with Gasteiger partial charge in [-0.05, 0) is 104 Å². The Hall–Kier alpha value is -6.21. The second-order valence-corrected chi connectivity index (χ2v) is 18.2. The summed E-state index contributed by atoms with van der Waals surface area (Å²) in [6, 6.07) is 26.4. The number of allylic oxidation sites excluding steroid dienone is 1.